The maximum Gasteiger partial charge on any atom is 0.322 e. The predicted octanol–water partition coefficient (Wildman–Crippen LogP) is -1.67. The third kappa shape index (κ3) is 2.47. The molecule has 0 fully saturated rings. The monoisotopic (exact) mass is 201 g/mol. The van der Waals surface area contributed by atoms with Crippen LogP contribution in [0.4, 0.5) is 0 Å². The minimum Gasteiger partial charge on any atom is -0.361 e. The lowest BCUT2D eigenvalue weighted by Gasteiger charge is -2.18. The summed E-state index contributed by atoms with van der Waals surface area (Å²) in [4.78, 5) is 3.47. The number of hydrogen-bond donors (Lipinski definition) is 5. The van der Waals surface area contributed by atoms with E-state index in [1.165, 1.54) is 12.1 Å². The molecular formula is C8H11NO5. The predicted molar refractivity (Wildman–Crippen MR) is 44.4 cm³/mol. The zero-order valence-electron chi connectivity index (χ0n) is 7.42. The molecule has 1 rings (SSSR count). The van der Waals surface area contributed by atoms with Crippen molar-refractivity contribution in [1.29, 1.82) is 0 Å². The summed E-state index contributed by atoms with van der Waals surface area (Å²) in [6.07, 6.45) is 0. The van der Waals surface area contributed by atoms with Gasteiger partial charge in [0.1, 0.15) is 5.69 Å². The van der Waals surface area contributed by atoms with E-state index in [2.05, 4.69) is 4.98 Å². The second-order valence-corrected chi connectivity index (χ2v) is 3.06. The third-order valence-corrected chi connectivity index (χ3v) is 1.58. The van der Waals surface area contributed by atoms with E-state index in [-0.39, 0.29) is 5.69 Å². The summed E-state index contributed by atoms with van der Waals surface area (Å²) in [6, 6.07) is 3.71. The molecule has 0 saturated heterocycles. The minimum atomic E-state index is -3.08. The molecule has 0 saturated carbocycles. The Balaban J connectivity index is 3.15. The maximum atomic E-state index is 9.13. The van der Waals surface area contributed by atoms with E-state index >= 15 is 0 Å². The third-order valence-electron chi connectivity index (χ3n) is 1.58. The molecule has 0 aromatic carbocycles. The largest absolute Gasteiger partial charge is 0.361 e. The summed E-state index contributed by atoms with van der Waals surface area (Å²) < 4.78 is 0. The Morgan fingerprint density at radius 1 is 1.00 bits per heavy atom. The molecule has 0 spiro atoms. The highest BCUT2D eigenvalue weighted by molar-refractivity contribution is 5.15. The summed E-state index contributed by atoms with van der Waals surface area (Å²) in [5.74, 6) is -5.28. The first-order valence-electron chi connectivity index (χ1n) is 3.81. The fourth-order valence-corrected chi connectivity index (χ4v) is 0.885. The number of pyridine rings is 1. The minimum absolute atomic E-state index is 0.198. The average Bonchev–Trinajstić information content (AvgIpc) is 2.01. The standard InChI is InChI=1S/C8H11NO5/c1-7(10,11)5-3-2-4-6(9-5)8(12,13)14/h2-4,10-14H,1H3. The van der Waals surface area contributed by atoms with Crippen LogP contribution >= 0.6 is 0 Å². The van der Waals surface area contributed by atoms with Crippen LogP contribution in [0, 0.1) is 0 Å². The molecule has 0 atom stereocenters. The van der Waals surface area contributed by atoms with Crippen molar-refractivity contribution in [3.8, 4) is 0 Å². The smallest absolute Gasteiger partial charge is 0.322 e. The van der Waals surface area contributed by atoms with Crippen LogP contribution < -0.4 is 0 Å². The van der Waals surface area contributed by atoms with Crippen LogP contribution in [0.3, 0.4) is 0 Å². The first kappa shape index (κ1) is 11.0. The van der Waals surface area contributed by atoms with E-state index in [9.17, 15) is 0 Å². The number of rotatable bonds is 2. The van der Waals surface area contributed by atoms with E-state index in [0.29, 0.717) is 0 Å². The van der Waals surface area contributed by atoms with Crippen molar-refractivity contribution in [3.63, 3.8) is 0 Å². The van der Waals surface area contributed by atoms with Gasteiger partial charge < -0.3 is 25.5 Å². The van der Waals surface area contributed by atoms with Gasteiger partial charge in [-0.05, 0) is 19.1 Å². The van der Waals surface area contributed by atoms with Crippen LogP contribution in [0.15, 0.2) is 18.2 Å². The molecule has 1 aromatic rings. The Labute approximate surface area is 79.7 Å². The van der Waals surface area contributed by atoms with E-state index in [4.69, 9.17) is 25.5 Å². The Hall–Kier alpha value is -1.05. The fourth-order valence-electron chi connectivity index (χ4n) is 0.885. The van der Waals surface area contributed by atoms with Crippen LogP contribution in [0.25, 0.3) is 0 Å². The van der Waals surface area contributed by atoms with Crippen molar-refractivity contribution < 1.29 is 25.5 Å². The van der Waals surface area contributed by atoms with Crippen molar-refractivity contribution in [1.82, 2.24) is 4.98 Å². The van der Waals surface area contributed by atoms with Crippen molar-refractivity contribution >= 4 is 0 Å². The second kappa shape index (κ2) is 3.26. The molecule has 0 aliphatic heterocycles. The van der Waals surface area contributed by atoms with Gasteiger partial charge in [0, 0.05) is 0 Å². The van der Waals surface area contributed by atoms with Gasteiger partial charge in [0.15, 0.2) is 0 Å². The van der Waals surface area contributed by atoms with Crippen LogP contribution in [-0.2, 0) is 11.8 Å². The van der Waals surface area contributed by atoms with Crippen molar-refractivity contribution in [3.05, 3.63) is 29.6 Å². The molecule has 0 unspecified atom stereocenters. The van der Waals surface area contributed by atoms with E-state index in [1.807, 2.05) is 0 Å². The molecular weight excluding hydrogens is 190 g/mol. The molecule has 6 nitrogen and oxygen atoms in total. The topological polar surface area (TPSA) is 114 Å². The molecule has 6 heteroatoms. The average molecular weight is 201 g/mol. The first-order valence-corrected chi connectivity index (χ1v) is 3.81. The summed E-state index contributed by atoms with van der Waals surface area (Å²) in [6.45, 7) is 1.06. The highest BCUT2D eigenvalue weighted by atomic mass is 16.7. The summed E-state index contributed by atoms with van der Waals surface area (Å²) in [5, 5.41) is 44.5. The van der Waals surface area contributed by atoms with Crippen LogP contribution in [-0.4, -0.2) is 30.5 Å². The fraction of sp³-hybridized carbons (Fsp3) is 0.375. The maximum absolute atomic E-state index is 9.13. The van der Waals surface area contributed by atoms with Gasteiger partial charge in [0.25, 0.3) is 0 Å². The molecule has 0 bridgehead atoms. The second-order valence-electron chi connectivity index (χ2n) is 3.06. The molecule has 0 aliphatic rings. The van der Waals surface area contributed by atoms with E-state index in [1.54, 1.807) is 0 Å². The normalized spacial score (nSPS) is 13.0. The molecule has 5 N–H and O–H groups in total. The highest BCUT2D eigenvalue weighted by Gasteiger charge is 2.27. The first-order chi connectivity index (χ1) is 6.21. The molecule has 1 aromatic heterocycles. The van der Waals surface area contributed by atoms with Gasteiger partial charge in [-0.3, -0.25) is 0 Å². The van der Waals surface area contributed by atoms with Gasteiger partial charge in [0.2, 0.25) is 5.79 Å². The van der Waals surface area contributed by atoms with Gasteiger partial charge in [-0.1, -0.05) is 6.07 Å². The van der Waals surface area contributed by atoms with Crippen LogP contribution in [0.1, 0.15) is 18.3 Å². The van der Waals surface area contributed by atoms with Crippen LogP contribution in [0.2, 0.25) is 0 Å². The van der Waals surface area contributed by atoms with E-state index in [0.717, 1.165) is 13.0 Å². The Kier molecular flexibility index (Phi) is 2.57. The molecule has 0 radical (unpaired) electrons. The zero-order valence-corrected chi connectivity index (χ0v) is 7.42. The van der Waals surface area contributed by atoms with Crippen molar-refractivity contribution in [2.24, 2.45) is 0 Å². The lowest BCUT2D eigenvalue weighted by Crippen LogP contribution is -2.28. The summed E-state index contributed by atoms with van der Waals surface area (Å²) in [5.41, 5.74) is -0.680. The number of aromatic nitrogens is 1. The Morgan fingerprint density at radius 2 is 1.50 bits per heavy atom. The molecule has 1 heterocycles. The molecule has 0 amide bonds. The molecule has 78 valence electrons. The Morgan fingerprint density at radius 3 is 1.93 bits per heavy atom. The highest BCUT2D eigenvalue weighted by Crippen LogP contribution is 2.18. The van der Waals surface area contributed by atoms with Crippen molar-refractivity contribution in [2.75, 3.05) is 0 Å². The number of hydrogen-bond acceptors (Lipinski definition) is 6. The van der Waals surface area contributed by atoms with E-state index < -0.39 is 17.5 Å². The summed E-state index contributed by atoms with van der Waals surface area (Å²) in [7, 11) is 0. The molecule has 14 heavy (non-hydrogen) atoms. The van der Waals surface area contributed by atoms with Crippen LogP contribution in [0.5, 0.6) is 0 Å². The number of nitrogens with zero attached hydrogens (tertiary/aromatic N) is 1. The van der Waals surface area contributed by atoms with Gasteiger partial charge in [-0.25, -0.2) is 4.98 Å². The lowest BCUT2D eigenvalue weighted by molar-refractivity contribution is -0.326. The quantitative estimate of drug-likeness (QED) is 0.365. The van der Waals surface area contributed by atoms with Gasteiger partial charge in [0.05, 0.1) is 5.69 Å². The van der Waals surface area contributed by atoms with Crippen molar-refractivity contribution in [2.45, 2.75) is 18.7 Å². The summed E-state index contributed by atoms with van der Waals surface area (Å²) >= 11 is 0. The van der Waals surface area contributed by atoms with Gasteiger partial charge in [-0.15, -0.1) is 0 Å². The molecule has 0 aliphatic carbocycles. The van der Waals surface area contributed by atoms with Gasteiger partial charge in [-0.2, -0.15) is 0 Å². The zero-order chi connectivity index (χ0) is 11.0. The Bertz CT molecular complexity index is 296. The van der Waals surface area contributed by atoms with Gasteiger partial charge >= 0.3 is 5.97 Å². The number of aliphatic hydroxyl groups is 5. The lowest BCUT2D eigenvalue weighted by atomic mass is 10.2. The SMILES string of the molecule is CC(O)(O)c1cccc(C(O)(O)O)n1.